The Morgan fingerprint density at radius 2 is 1.76 bits per heavy atom. The second-order valence-corrected chi connectivity index (χ2v) is 7.79. The van der Waals surface area contributed by atoms with E-state index < -0.39 is 10.0 Å². The Morgan fingerprint density at radius 3 is 2.40 bits per heavy atom. The summed E-state index contributed by atoms with van der Waals surface area (Å²) >= 11 is 0. The number of ether oxygens (including phenoxy) is 2. The Bertz CT molecular complexity index is 858. The summed E-state index contributed by atoms with van der Waals surface area (Å²) in [7, 11) is -0.746. The van der Waals surface area contributed by atoms with Gasteiger partial charge in [0.15, 0.2) is 0 Å². The summed E-state index contributed by atoms with van der Waals surface area (Å²) in [6.07, 6.45) is 2.56. The van der Waals surface area contributed by atoms with E-state index in [1.54, 1.807) is 12.1 Å². The number of nitrogen functional groups attached to an aromatic ring is 1. The first-order chi connectivity index (χ1) is 11.9. The smallest absolute Gasteiger partial charge is 0.241 e. The zero-order valence-electron chi connectivity index (χ0n) is 14.3. The zero-order valence-corrected chi connectivity index (χ0v) is 15.1. The number of fused-ring (bicyclic) bond motifs is 1. The molecule has 2 aromatic rings. The van der Waals surface area contributed by atoms with Crippen LogP contribution in [0, 0.1) is 0 Å². The number of hydrogen-bond donors (Lipinski definition) is 2. The van der Waals surface area contributed by atoms with Crippen LogP contribution >= 0.6 is 0 Å². The van der Waals surface area contributed by atoms with Crippen LogP contribution in [0.3, 0.4) is 0 Å². The molecule has 134 valence electrons. The number of rotatable bonds is 5. The fraction of sp³-hybridized carbons (Fsp3) is 0.333. The number of aryl methyl sites for hydroxylation is 1. The highest BCUT2D eigenvalue weighted by Gasteiger charge is 2.26. The summed E-state index contributed by atoms with van der Waals surface area (Å²) < 4.78 is 38.9. The normalized spacial score (nSPS) is 17.0. The molecule has 0 aromatic heterocycles. The van der Waals surface area contributed by atoms with Crippen molar-refractivity contribution in [2.75, 3.05) is 20.0 Å². The molecular weight excluding hydrogens is 340 g/mol. The molecule has 0 aliphatic heterocycles. The Kier molecular flexibility index (Phi) is 4.87. The molecule has 6 nitrogen and oxygen atoms in total. The molecule has 7 heteroatoms. The lowest BCUT2D eigenvalue weighted by molar-refractivity contribution is 0.391. The number of hydrogen-bond acceptors (Lipinski definition) is 5. The van der Waals surface area contributed by atoms with Crippen molar-refractivity contribution < 1.29 is 17.9 Å². The maximum absolute atomic E-state index is 12.9. The number of nitrogens with one attached hydrogen (secondary N) is 1. The van der Waals surface area contributed by atoms with Gasteiger partial charge >= 0.3 is 0 Å². The number of nitrogens with two attached hydrogens (primary N) is 1. The highest BCUT2D eigenvalue weighted by molar-refractivity contribution is 7.89. The molecule has 3 rings (SSSR count). The molecular formula is C18H22N2O4S. The molecule has 0 heterocycles. The summed E-state index contributed by atoms with van der Waals surface area (Å²) in [6, 6.07) is 9.96. The first-order valence-corrected chi connectivity index (χ1v) is 9.55. The maximum Gasteiger partial charge on any atom is 0.241 e. The molecule has 1 atom stereocenters. The summed E-state index contributed by atoms with van der Waals surface area (Å²) in [4.78, 5) is 0.117. The van der Waals surface area contributed by atoms with Crippen molar-refractivity contribution in [2.24, 2.45) is 0 Å². The standard InChI is InChI=1S/C18H22N2O4S/c1-23-14-9-15(24-2)11-16(10-14)25(21,22)20-18-5-3-4-12-8-13(19)6-7-17(12)18/h6-11,18,20H,3-5,19H2,1-2H3. The SMILES string of the molecule is COc1cc(OC)cc(S(=O)(=O)NC2CCCc3cc(N)ccc32)c1. The van der Waals surface area contributed by atoms with Gasteiger partial charge in [-0.05, 0) is 42.5 Å². The van der Waals surface area contributed by atoms with E-state index in [0.717, 1.165) is 30.4 Å². The highest BCUT2D eigenvalue weighted by atomic mass is 32.2. The van der Waals surface area contributed by atoms with Crippen LogP contribution in [0.5, 0.6) is 11.5 Å². The topological polar surface area (TPSA) is 90.6 Å². The van der Waals surface area contributed by atoms with Crippen LogP contribution in [-0.4, -0.2) is 22.6 Å². The third-order valence-corrected chi connectivity index (χ3v) is 5.87. The van der Waals surface area contributed by atoms with Gasteiger partial charge in [0.25, 0.3) is 0 Å². The second-order valence-electron chi connectivity index (χ2n) is 6.07. The van der Waals surface area contributed by atoms with Crippen LogP contribution in [0.1, 0.15) is 30.0 Å². The number of benzene rings is 2. The Labute approximate surface area is 148 Å². The average molecular weight is 362 g/mol. The lowest BCUT2D eigenvalue weighted by atomic mass is 9.88. The Hall–Kier alpha value is -2.25. The zero-order chi connectivity index (χ0) is 18.0. The van der Waals surface area contributed by atoms with Gasteiger partial charge in [0.1, 0.15) is 11.5 Å². The molecule has 0 saturated heterocycles. The van der Waals surface area contributed by atoms with Crippen LogP contribution in [0.2, 0.25) is 0 Å². The van der Waals surface area contributed by atoms with E-state index in [1.165, 1.54) is 26.4 Å². The van der Waals surface area contributed by atoms with E-state index in [2.05, 4.69) is 4.72 Å². The van der Waals surface area contributed by atoms with E-state index in [4.69, 9.17) is 15.2 Å². The predicted molar refractivity (Wildman–Crippen MR) is 96.4 cm³/mol. The monoisotopic (exact) mass is 362 g/mol. The second kappa shape index (κ2) is 6.93. The molecule has 0 saturated carbocycles. The Morgan fingerprint density at radius 1 is 1.08 bits per heavy atom. The largest absolute Gasteiger partial charge is 0.497 e. The maximum atomic E-state index is 12.9. The van der Waals surface area contributed by atoms with E-state index in [1.807, 2.05) is 12.1 Å². The van der Waals surface area contributed by atoms with Crippen LogP contribution in [0.15, 0.2) is 41.3 Å². The molecule has 0 bridgehead atoms. The predicted octanol–water partition coefficient (Wildman–Crippen LogP) is 2.64. The third-order valence-electron chi connectivity index (χ3n) is 4.41. The summed E-state index contributed by atoms with van der Waals surface area (Å²) in [5, 5.41) is 0. The van der Waals surface area contributed by atoms with Crippen LogP contribution in [0.4, 0.5) is 5.69 Å². The minimum atomic E-state index is -3.72. The average Bonchev–Trinajstić information content (AvgIpc) is 2.60. The molecule has 1 unspecified atom stereocenters. The van der Waals surface area contributed by atoms with Crippen LogP contribution < -0.4 is 19.9 Å². The molecule has 0 spiro atoms. The molecule has 0 fully saturated rings. The van der Waals surface area contributed by atoms with Gasteiger partial charge in [0, 0.05) is 29.9 Å². The van der Waals surface area contributed by atoms with Gasteiger partial charge in [-0.25, -0.2) is 13.1 Å². The third kappa shape index (κ3) is 3.72. The quantitative estimate of drug-likeness (QED) is 0.798. The molecule has 0 radical (unpaired) electrons. The summed E-state index contributed by atoms with van der Waals surface area (Å²) in [5.41, 5.74) is 8.62. The highest BCUT2D eigenvalue weighted by Crippen LogP contribution is 2.33. The molecule has 0 amide bonds. The number of sulfonamides is 1. The van der Waals surface area contributed by atoms with Crippen molar-refractivity contribution in [1.82, 2.24) is 4.72 Å². The Balaban J connectivity index is 1.93. The molecule has 3 N–H and O–H groups in total. The van der Waals surface area contributed by atoms with Crippen molar-refractivity contribution in [2.45, 2.75) is 30.2 Å². The van der Waals surface area contributed by atoms with Crippen LogP contribution in [-0.2, 0) is 16.4 Å². The van der Waals surface area contributed by atoms with Crippen molar-refractivity contribution in [3.8, 4) is 11.5 Å². The van der Waals surface area contributed by atoms with E-state index in [9.17, 15) is 8.42 Å². The summed E-state index contributed by atoms with van der Waals surface area (Å²) in [5.74, 6) is 0.855. The minimum absolute atomic E-state index is 0.117. The van der Waals surface area contributed by atoms with Crippen molar-refractivity contribution in [1.29, 1.82) is 0 Å². The van der Waals surface area contributed by atoms with Gasteiger partial charge in [-0.2, -0.15) is 0 Å². The van der Waals surface area contributed by atoms with Gasteiger partial charge < -0.3 is 15.2 Å². The number of methoxy groups -OCH3 is 2. The first kappa shape index (κ1) is 17.6. The lowest BCUT2D eigenvalue weighted by Crippen LogP contribution is -2.31. The van der Waals surface area contributed by atoms with Crippen LogP contribution in [0.25, 0.3) is 0 Å². The molecule has 1 aliphatic carbocycles. The molecule has 2 aromatic carbocycles. The molecule has 25 heavy (non-hydrogen) atoms. The van der Waals surface area contributed by atoms with E-state index in [-0.39, 0.29) is 10.9 Å². The van der Waals surface area contributed by atoms with Gasteiger partial charge in [-0.15, -0.1) is 0 Å². The summed E-state index contributed by atoms with van der Waals surface area (Å²) in [6.45, 7) is 0. The lowest BCUT2D eigenvalue weighted by Gasteiger charge is -2.26. The van der Waals surface area contributed by atoms with E-state index in [0.29, 0.717) is 17.2 Å². The van der Waals surface area contributed by atoms with Gasteiger partial charge in [-0.1, -0.05) is 6.07 Å². The first-order valence-electron chi connectivity index (χ1n) is 8.06. The minimum Gasteiger partial charge on any atom is -0.497 e. The fourth-order valence-corrected chi connectivity index (χ4v) is 4.45. The van der Waals surface area contributed by atoms with Gasteiger partial charge in [-0.3, -0.25) is 0 Å². The van der Waals surface area contributed by atoms with Crippen molar-refractivity contribution >= 4 is 15.7 Å². The van der Waals surface area contributed by atoms with Crippen molar-refractivity contribution in [3.63, 3.8) is 0 Å². The molecule has 1 aliphatic rings. The van der Waals surface area contributed by atoms with E-state index >= 15 is 0 Å². The van der Waals surface area contributed by atoms with Crippen molar-refractivity contribution in [3.05, 3.63) is 47.5 Å². The van der Waals surface area contributed by atoms with Gasteiger partial charge in [0.05, 0.1) is 19.1 Å². The number of anilines is 1. The fourth-order valence-electron chi connectivity index (χ4n) is 3.15. The van der Waals surface area contributed by atoms with Gasteiger partial charge in [0.2, 0.25) is 10.0 Å².